The minimum atomic E-state index is 0.263. The molecule has 3 rings (SSSR count). The minimum Gasteiger partial charge on any atom is -0.342 e. The van der Waals surface area contributed by atoms with E-state index in [9.17, 15) is 4.79 Å². The van der Waals surface area contributed by atoms with E-state index in [1.54, 1.807) is 0 Å². The van der Waals surface area contributed by atoms with Crippen LogP contribution in [0.3, 0.4) is 0 Å². The summed E-state index contributed by atoms with van der Waals surface area (Å²) in [7, 11) is 0. The Labute approximate surface area is 135 Å². The van der Waals surface area contributed by atoms with Gasteiger partial charge in [0.25, 0.3) is 0 Å². The molecule has 0 aromatic heterocycles. The predicted molar refractivity (Wildman–Crippen MR) is 88.0 cm³/mol. The van der Waals surface area contributed by atoms with Crippen LogP contribution in [0, 0.1) is 5.92 Å². The molecule has 0 saturated carbocycles. The van der Waals surface area contributed by atoms with Gasteiger partial charge < -0.3 is 4.90 Å². The molecule has 0 radical (unpaired) electrons. The number of amides is 1. The smallest absolute Gasteiger partial charge is 0.225 e. The highest BCUT2D eigenvalue weighted by molar-refractivity contribution is 9.10. The summed E-state index contributed by atoms with van der Waals surface area (Å²) in [6.45, 7) is 5.01. The van der Waals surface area contributed by atoms with Crippen LogP contribution in [0.1, 0.15) is 31.2 Å². The second kappa shape index (κ2) is 6.93. The molecule has 0 spiro atoms. The summed E-state index contributed by atoms with van der Waals surface area (Å²) in [5.74, 6) is 0.673. The largest absolute Gasteiger partial charge is 0.342 e. The molecule has 0 bridgehead atoms. The van der Waals surface area contributed by atoms with Crippen molar-refractivity contribution in [2.45, 2.75) is 32.2 Å². The summed E-state index contributed by atoms with van der Waals surface area (Å²) in [5, 5.41) is 0. The number of benzene rings is 1. The molecule has 2 saturated heterocycles. The Kier molecular flexibility index (Phi) is 4.96. The van der Waals surface area contributed by atoms with Crippen LogP contribution in [0.15, 0.2) is 28.7 Å². The van der Waals surface area contributed by atoms with Crippen molar-refractivity contribution < 1.29 is 4.79 Å². The van der Waals surface area contributed by atoms with Gasteiger partial charge in [-0.05, 0) is 50.4 Å². The summed E-state index contributed by atoms with van der Waals surface area (Å²) in [6, 6.07) is 8.41. The highest BCUT2D eigenvalue weighted by atomic mass is 79.9. The zero-order chi connectivity index (χ0) is 14.7. The Morgan fingerprint density at radius 1 is 1.10 bits per heavy atom. The van der Waals surface area contributed by atoms with Gasteiger partial charge in [-0.25, -0.2) is 0 Å². The number of hydrogen-bond acceptors (Lipinski definition) is 2. The first-order valence-electron chi connectivity index (χ1n) is 7.98. The average molecular weight is 351 g/mol. The summed E-state index contributed by atoms with van der Waals surface area (Å²) < 4.78 is 1.18. The van der Waals surface area contributed by atoms with Gasteiger partial charge in [0.05, 0.1) is 0 Å². The van der Waals surface area contributed by atoms with E-state index in [0.29, 0.717) is 5.91 Å². The number of nitrogens with zero attached hydrogens (tertiary/aromatic N) is 2. The van der Waals surface area contributed by atoms with E-state index in [4.69, 9.17) is 0 Å². The summed E-state index contributed by atoms with van der Waals surface area (Å²) in [4.78, 5) is 17.0. The van der Waals surface area contributed by atoms with Crippen molar-refractivity contribution in [3.8, 4) is 0 Å². The molecule has 21 heavy (non-hydrogen) atoms. The Balaban J connectivity index is 1.51. The lowest BCUT2D eigenvalue weighted by molar-refractivity contribution is -0.136. The molecule has 1 aromatic carbocycles. The molecule has 2 heterocycles. The molecular formula is C17H23BrN2O. The molecule has 2 aliphatic rings. The van der Waals surface area contributed by atoms with Crippen molar-refractivity contribution in [1.82, 2.24) is 9.80 Å². The lowest BCUT2D eigenvalue weighted by Crippen LogP contribution is -2.41. The van der Waals surface area contributed by atoms with E-state index in [0.717, 1.165) is 45.6 Å². The predicted octanol–water partition coefficient (Wildman–Crippen LogP) is 3.28. The Morgan fingerprint density at radius 3 is 2.43 bits per heavy atom. The van der Waals surface area contributed by atoms with Crippen molar-refractivity contribution in [3.05, 3.63) is 34.3 Å². The quantitative estimate of drug-likeness (QED) is 0.834. The number of piperidine rings is 1. The van der Waals surface area contributed by atoms with Crippen LogP contribution in [0.5, 0.6) is 0 Å². The van der Waals surface area contributed by atoms with Gasteiger partial charge in [-0.15, -0.1) is 0 Å². The maximum atomic E-state index is 12.4. The van der Waals surface area contributed by atoms with Crippen LogP contribution in [-0.4, -0.2) is 41.9 Å². The van der Waals surface area contributed by atoms with E-state index < -0.39 is 0 Å². The van der Waals surface area contributed by atoms with E-state index >= 15 is 0 Å². The number of likely N-dealkylation sites (tertiary alicyclic amines) is 2. The first-order chi connectivity index (χ1) is 10.2. The Hall–Kier alpha value is -0.870. The van der Waals surface area contributed by atoms with Crippen LogP contribution in [0.4, 0.5) is 0 Å². The molecule has 1 aromatic rings. The monoisotopic (exact) mass is 350 g/mol. The second-order valence-corrected chi connectivity index (χ2v) is 7.03. The first kappa shape index (κ1) is 15.0. The second-order valence-electron chi connectivity index (χ2n) is 6.17. The fourth-order valence-electron chi connectivity index (χ4n) is 3.40. The van der Waals surface area contributed by atoms with Crippen LogP contribution < -0.4 is 0 Å². The van der Waals surface area contributed by atoms with E-state index in [1.807, 2.05) is 0 Å². The van der Waals surface area contributed by atoms with Crippen molar-refractivity contribution >= 4 is 21.8 Å². The van der Waals surface area contributed by atoms with Gasteiger partial charge >= 0.3 is 0 Å². The zero-order valence-electron chi connectivity index (χ0n) is 12.4. The van der Waals surface area contributed by atoms with Gasteiger partial charge in [0, 0.05) is 30.0 Å². The molecule has 0 aliphatic carbocycles. The summed E-state index contributed by atoms with van der Waals surface area (Å²) in [5.41, 5.74) is 1.34. The number of carbonyl (C=O) groups is 1. The molecular weight excluding hydrogens is 328 g/mol. The number of hydrogen-bond donors (Lipinski definition) is 0. The van der Waals surface area contributed by atoms with Gasteiger partial charge in [-0.1, -0.05) is 34.1 Å². The van der Waals surface area contributed by atoms with Crippen molar-refractivity contribution in [3.63, 3.8) is 0 Å². The van der Waals surface area contributed by atoms with Crippen LogP contribution in [0.2, 0.25) is 0 Å². The normalized spacial score (nSPS) is 20.9. The molecule has 2 aliphatic heterocycles. The Bertz CT molecular complexity index is 491. The van der Waals surface area contributed by atoms with Crippen molar-refractivity contribution in [2.75, 3.05) is 26.2 Å². The van der Waals surface area contributed by atoms with Crippen LogP contribution >= 0.6 is 15.9 Å². The van der Waals surface area contributed by atoms with E-state index in [2.05, 4.69) is 50.0 Å². The van der Waals surface area contributed by atoms with Crippen molar-refractivity contribution in [1.29, 1.82) is 0 Å². The zero-order valence-corrected chi connectivity index (χ0v) is 14.0. The third kappa shape index (κ3) is 3.67. The van der Waals surface area contributed by atoms with Gasteiger partial charge in [0.15, 0.2) is 0 Å². The molecule has 0 atom stereocenters. The summed E-state index contributed by atoms with van der Waals surface area (Å²) in [6.07, 6.45) is 4.40. The average Bonchev–Trinajstić information content (AvgIpc) is 3.04. The fraction of sp³-hybridized carbons (Fsp3) is 0.588. The van der Waals surface area contributed by atoms with Crippen LogP contribution in [-0.2, 0) is 11.3 Å². The lowest BCUT2D eigenvalue weighted by atomic mass is 9.95. The SMILES string of the molecule is O=C(C1CCN(Cc2ccccc2Br)CC1)N1CCCC1. The Morgan fingerprint density at radius 2 is 1.76 bits per heavy atom. The number of rotatable bonds is 3. The highest BCUT2D eigenvalue weighted by Crippen LogP contribution is 2.24. The highest BCUT2D eigenvalue weighted by Gasteiger charge is 2.29. The molecule has 2 fully saturated rings. The molecule has 1 amide bonds. The fourth-order valence-corrected chi connectivity index (χ4v) is 3.81. The van der Waals surface area contributed by atoms with Crippen LogP contribution in [0.25, 0.3) is 0 Å². The molecule has 3 nitrogen and oxygen atoms in total. The van der Waals surface area contributed by atoms with Gasteiger partial charge in [-0.3, -0.25) is 9.69 Å². The van der Waals surface area contributed by atoms with Gasteiger partial charge in [0.1, 0.15) is 0 Å². The van der Waals surface area contributed by atoms with Gasteiger partial charge in [0.2, 0.25) is 5.91 Å². The third-order valence-corrected chi connectivity index (χ3v) is 5.48. The lowest BCUT2D eigenvalue weighted by Gasteiger charge is -2.33. The number of carbonyl (C=O) groups excluding carboxylic acids is 1. The maximum absolute atomic E-state index is 12.4. The summed E-state index contributed by atoms with van der Waals surface area (Å²) >= 11 is 3.62. The number of halogens is 1. The van der Waals surface area contributed by atoms with E-state index in [1.165, 1.54) is 22.9 Å². The van der Waals surface area contributed by atoms with E-state index in [-0.39, 0.29) is 5.92 Å². The molecule has 0 N–H and O–H groups in total. The standard InChI is InChI=1S/C17H23BrN2O/c18-16-6-2-1-5-15(16)13-19-11-7-14(8-12-19)17(21)20-9-3-4-10-20/h1-2,5-6,14H,3-4,7-13H2. The third-order valence-electron chi connectivity index (χ3n) is 4.71. The topological polar surface area (TPSA) is 23.6 Å². The minimum absolute atomic E-state index is 0.263. The van der Waals surface area contributed by atoms with Gasteiger partial charge in [-0.2, -0.15) is 0 Å². The van der Waals surface area contributed by atoms with Crippen molar-refractivity contribution in [2.24, 2.45) is 5.92 Å². The first-order valence-corrected chi connectivity index (χ1v) is 8.78. The molecule has 114 valence electrons. The molecule has 0 unspecified atom stereocenters. The molecule has 4 heteroatoms. The maximum Gasteiger partial charge on any atom is 0.225 e.